The minimum atomic E-state index is -4.80. The van der Waals surface area contributed by atoms with Gasteiger partial charge in [-0.15, -0.1) is 0 Å². The summed E-state index contributed by atoms with van der Waals surface area (Å²) in [5, 5.41) is 12.2. The first-order valence-electron chi connectivity index (χ1n) is 11.5. The van der Waals surface area contributed by atoms with E-state index in [1.807, 2.05) is 24.3 Å². The number of carbonyl (C=O) groups excluding carboxylic acids is 1. The van der Waals surface area contributed by atoms with Crippen LogP contribution in [0, 0.1) is 5.41 Å². The number of anilines is 2. The molecule has 0 unspecified atom stereocenters. The molecule has 3 aromatic carbocycles. The lowest BCUT2D eigenvalue weighted by Crippen LogP contribution is -2.74. The standard InChI is InChI=1S/C27H24ClF3N4O2/c28-20-5-1-2-6-21(20)33-23(17-25(32)27(29,30)31)18-9-11-19(12-10-18)26(36)34-22-7-3-4-8-24(22)35-13-15-37-16-14-35/h1-12,17,32-33H,13-16H2,(H,34,36)/p+1/b23-17-,32-25?. The number of benzene rings is 3. The molecule has 1 aliphatic rings. The Hall–Kier alpha value is -3.66. The summed E-state index contributed by atoms with van der Waals surface area (Å²) in [6, 6.07) is 20.4. The zero-order chi connectivity index (χ0) is 26.4. The van der Waals surface area contributed by atoms with Crippen molar-refractivity contribution in [1.82, 2.24) is 0 Å². The molecule has 4 rings (SSSR count). The molecule has 1 aliphatic heterocycles. The Bertz CT molecular complexity index is 1300. The number of amides is 1. The zero-order valence-electron chi connectivity index (χ0n) is 19.7. The Balaban J connectivity index is 1.56. The average Bonchev–Trinajstić information content (AvgIpc) is 2.90. The smallest absolute Gasteiger partial charge is 0.378 e. The molecule has 0 radical (unpaired) electrons. The molecule has 3 aromatic rings. The number of nitrogens with two attached hydrogens (primary N) is 1. The maximum atomic E-state index is 13.1. The number of ether oxygens (including phenoxy) is 1. The van der Waals surface area contributed by atoms with Crippen LogP contribution < -0.4 is 15.5 Å². The van der Waals surface area contributed by atoms with E-state index in [9.17, 15) is 18.0 Å². The van der Waals surface area contributed by atoms with Crippen LogP contribution in [0.2, 0.25) is 5.02 Å². The second kappa shape index (κ2) is 11.6. The lowest BCUT2D eigenvalue weighted by atomic mass is 10.1. The minimum absolute atomic E-state index is 0.139. The van der Waals surface area contributed by atoms with E-state index in [2.05, 4.69) is 10.2 Å². The molecule has 0 aromatic heterocycles. The molecule has 0 bridgehead atoms. The summed E-state index contributed by atoms with van der Waals surface area (Å²) in [6.45, 7) is 2.64. The van der Waals surface area contributed by atoms with Gasteiger partial charge in [0.05, 0.1) is 24.6 Å². The normalized spacial score (nSPS) is 14.4. The van der Waals surface area contributed by atoms with E-state index in [0.717, 1.165) is 11.8 Å². The first-order chi connectivity index (χ1) is 17.7. The fourth-order valence-electron chi connectivity index (χ4n) is 3.87. The number of alkyl halides is 3. The van der Waals surface area contributed by atoms with Gasteiger partial charge in [0.25, 0.3) is 5.91 Å². The van der Waals surface area contributed by atoms with Crippen molar-refractivity contribution < 1.29 is 28.0 Å². The fraction of sp³-hybridized carbons (Fsp3) is 0.185. The van der Waals surface area contributed by atoms with Crippen LogP contribution >= 0.6 is 11.6 Å². The van der Waals surface area contributed by atoms with Crippen LogP contribution in [-0.2, 0) is 4.74 Å². The molecular weight excluding hydrogens is 505 g/mol. The second-order valence-electron chi connectivity index (χ2n) is 8.33. The average molecular weight is 530 g/mol. The first-order valence-corrected chi connectivity index (χ1v) is 11.9. The number of quaternary nitrogens is 1. The van der Waals surface area contributed by atoms with Crippen LogP contribution in [0.25, 0.3) is 5.70 Å². The number of morpholine rings is 1. The number of para-hydroxylation sites is 3. The summed E-state index contributed by atoms with van der Waals surface area (Å²) in [5.41, 5.74) is 1.44. The van der Waals surface area contributed by atoms with E-state index in [4.69, 9.17) is 21.7 Å². The van der Waals surface area contributed by atoms with Crippen LogP contribution in [-0.4, -0.2) is 44.1 Å². The van der Waals surface area contributed by atoms with Crippen molar-refractivity contribution in [1.29, 1.82) is 5.41 Å². The Labute approximate surface area is 217 Å². The summed E-state index contributed by atoms with van der Waals surface area (Å²) in [4.78, 5) is 15.1. The van der Waals surface area contributed by atoms with Gasteiger partial charge in [-0.05, 0) is 42.5 Å². The van der Waals surface area contributed by atoms with Crippen LogP contribution in [0.15, 0.2) is 78.9 Å². The van der Waals surface area contributed by atoms with Gasteiger partial charge in [0.15, 0.2) is 5.69 Å². The number of nitrogens with one attached hydrogen (secondary N) is 2. The van der Waals surface area contributed by atoms with Gasteiger partial charge in [-0.25, -0.2) is 0 Å². The molecule has 4 N–H and O–H groups in total. The second-order valence-corrected chi connectivity index (χ2v) is 8.73. The molecular formula is C27H25ClF3N4O2+. The Kier molecular flexibility index (Phi) is 8.27. The van der Waals surface area contributed by atoms with Crippen molar-refractivity contribution in [3.8, 4) is 0 Å². The van der Waals surface area contributed by atoms with Crippen LogP contribution in [0.1, 0.15) is 15.9 Å². The van der Waals surface area contributed by atoms with E-state index in [0.29, 0.717) is 53.8 Å². The third-order valence-corrected chi connectivity index (χ3v) is 6.15. The van der Waals surface area contributed by atoms with E-state index in [-0.39, 0.29) is 11.6 Å². The Morgan fingerprint density at radius 3 is 2.27 bits per heavy atom. The van der Waals surface area contributed by atoms with E-state index in [1.54, 1.807) is 36.4 Å². The van der Waals surface area contributed by atoms with Gasteiger partial charge in [-0.2, -0.15) is 13.2 Å². The number of halogens is 4. The van der Waals surface area contributed by atoms with Crippen LogP contribution in [0.3, 0.4) is 0 Å². The molecule has 1 saturated heterocycles. The Morgan fingerprint density at radius 2 is 1.59 bits per heavy atom. The zero-order valence-corrected chi connectivity index (χ0v) is 20.4. The number of rotatable bonds is 7. The Morgan fingerprint density at radius 1 is 0.973 bits per heavy atom. The SMILES string of the molecule is N=C(/C=C(\[NH2+]c1ccccc1Cl)c1ccc(C(=O)Nc2ccccc2N2CCOCC2)cc1)C(F)(F)F. The molecule has 10 heteroatoms. The maximum absolute atomic E-state index is 13.1. The highest BCUT2D eigenvalue weighted by Gasteiger charge is 2.34. The van der Waals surface area contributed by atoms with Gasteiger partial charge in [0.1, 0.15) is 16.4 Å². The molecule has 192 valence electrons. The highest BCUT2D eigenvalue weighted by atomic mass is 35.5. The summed E-state index contributed by atoms with van der Waals surface area (Å²) in [7, 11) is 0. The van der Waals surface area contributed by atoms with Crippen molar-refractivity contribution >= 4 is 46.0 Å². The molecule has 0 atom stereocenters. The molecule has 1 fully saturated rings. The molecule has 0 spiro atoms. The van der Waals surface area contributed by atoms with E-state index < -0.39 is 11.9 Å². The fourth-order valence-corrected chi connectivity index (χ4v) is 4.06. The lowest BCUT2D eigenvalue weighted by molar-refractivity contribution is -0.469. The monoisotopic (exact) mass is 529 g/mol. The number of hydrogen-bond donors (Lipinski definition) is 3. The van der Waals surface area contributed by atoms with Gasteiger partial charge >= 0.3 is 6.18 Å². The van der Waals surface area contributed by atoms with Crippen LogP contribution in [0.4, 0.5) is 30.2 Å². The predicted molar refractivity (Wildman–Crippen MR) is 139 cm³/mol. The van der Waals surface area contributed by atoms with E-state index >= 15 is 0 Å². The molecule has 1 heterocycles. The summed E-state index contributed by atoms with van der Waals surface area (Å²) >= 11 is 6.20. The molecule has 6 nitrogen and oxygen atoms in total. The number of allylic oxidation sites excluding steroid dienone is 1. The van der Waals surface area contributed by atoms with Crippen molar-refractivity contribution in [2.75, 3.05) is 36.5 Å². The first kappa shape index (κ1) is 26.4. The van der Waals surface area contributed by atoms with Gasteiger partial charge in [0.2, 0.25) is 0 Å². The topological polar surface area (TPSA) is 82.0 Å². The van der Waals surface area contributed by atoms with Crippen LogP contribution in [0.5, 0.6) is 0 Å². The predicted octanol–water partition coefficient (Wildman–Crippen LogP) is 5.25. The van der Waals surface area contributed by atoms with Crippen molar-refractivity contribution in [2.24, 2.45) is 0 Å². The van der Waals surface area contributed by atoms with Crippen molar-refractivity contribution in [3.63, 3.8) is 0 Å². The van der Waals surface area contributed by atoms with Crippen molar-refractivity contribution in [3.05, 3.63) is 95.0 Å². The van der Waals surface area contributed by atoms with Gasteiger partial charge in [-0.3, -0.25) is 15.5 Å². The van der Waals surface area contributed by atoms with Crippen molar-refractivity contribution in [2.45, 2.75) is 6.18 Å². The quantitative estimate of drug-likeness (QED) is 0.289. The van der Waals surface area contributed by atoms with Gasteiger partial charge in [0, 0.05) is 36.4 Å². The highest BCUT2D eigenvalue weighted by Crippen LogP contribution is 2.27. The molecule has 37 heavy (non-hydrogen) atoms. The van der Waals surface area contributed by atoms with Gasteiger partial charge in [-0.1, -0.05) is 35.9 Å². The molecule has 1 amide bonds. The maximum Gasteiger partial charge on any atom is 0.432 e. The molecule has 0 aliphatic carbocycles. The third kappa shape index (κ3) is 6.76. The third-order valence-electron chi connectivity index (χ3n) is 5.81. The summed E-state index contributed by atoms with van der Waals surface area (Å²) in [5.74, 6) is -0.351. The lowest BCUT2D eigenvalue weighted by Gasteiger charge is -2.30. The summed E-state index contributed by atoms with van der Waals surface area (Å²) in [6.07, 6.45) is -4.05. The summed E-state index contributed by atoms with van der Waals surface area (Å²) < 4.78 is 44.8. The molecule has 0 saturated carbocycles. The van der Waals surface area contributed by atoms with Gasteiger partial charge < -0.3 is 15.0 Å². The highest BCUT2D eigenvalue weighted by molar-refractivity contribution is 6.32. The largest absolute Gasteiger partial charge is 0.432 e. The van der Waals surface area contributed by atoms with E-state index in [1.165, 1.54) is 17.4 Å². The number of nitrogens with zero attached hydrogens (tertiary/aromatic N) is 1. The number of carbonyl (C=O) groups is 1. The number of hydrogen-bond acceptors (Lipinski definition) is 4. The minimum Gasteiger partial charge on any atom is -0.378 e.